The van der Waals surface area contributed by atoms with Crippen LogP contribution in [-0.2, 0) is 8.85 Å². The van der Waals surface area contributed by atoms with Gasteiger partial charge in [-0.25, -0.2) is 0 Å². The van der Waals surface area contributed by atoms with E-state index in [0.717, 1.165) is 47.8 Å². The summed E-state index contributed by atoms with van der Waals surface area (Å²) in [6, 6.07) is 2.88. The summed E-state index contributed by atoms with van der Waals surface area (Å²) < 4.78 is 19.6. The van der Waals surface area contributed by atoms with Crippen molar-refractivity contribution in [2.24, 2.45) is 23.7 Å². The molecule has 8 unspecified atom stereocenters. The molecule has 0 aromatic heterocycles. The molecule has 6 aliphatic rings. The normalized spacial score (nSPS) is 46.3. The van der Waals surface area contributed by atoms with Gasteiger partial charge >= 0.3 is 8.88 Å². The zero-order valence-electron chi connectivity index (χ0n) is 20.1. The lowest BCUT2D eigenvalue weighted by atomic mass is 9.73. The number of nitrogens with zero attached hydrogens (tertiary/aromatic N) is 2. The minimum absolute atomic E-state index is 0.720. The lowest BCUT2D eigenvalue weighted by Gasteiger charge is -2.52. The lowest BCUT2D eigenvalue weighted by molar-refractivity contribution is 0.0302. The Morgan fingerprint density at radius 3 is 0.968 bits per heavy atom. The quantitative estimate of drug-likeness (QED) is 0.526. The van der Waals surface area contributed by atoms with Crippen molar-refractivity contribution in [3.63, 3.8) is 0 Å². The predicted octanol–water partition coefficient (Wildman–Crippen LogP) is 5.58. The molecule has 176 valence electrons. The molecule has 6 fully saturated rings. The molecule has 0 amide bonds. The van der Waals surface area contributed by atoms with Crippen LogP contribution in [0.5, 0.6) is 0 Å². The van der Waals surface area contributed by atoms with E-state index in [4.69, 9.17) is 8.85 Å². The van der Waals surface area contributed by atoms with E-state index in [9.17, 15) is 0 Å². The number of hydrogen-bond donors (Lipinski definition) is 0. The van der Waals surface area contributed by atoms with Gasteiger partial charge in [0.15, 0.2) is 0 Å². The van der Waals surface area contributed by atoms with Crippen molar-refractivity contribution in [3.8, 4) is 0 Å². The van der Waals surface area contributed by atoms with E-state index in [1.54, 1.807) is 0 Å². The van der Waals surface area contributed by atoms with Gasteiger partial charge in [0.2, 0.25) is 0 Å². The highest BCUT2D eigenvalue weighted by Crippen LogP contribution is 2.56. The van der Waals surface area contributed by atoms with Gasteiger partial charge in [0.05, 0.1) is 0 Å². The average Bonchev–Trinajstić information content (AvgIpc) is 3.36. The molecular weight excluding hydrogens is 400 g/mol. The van der Waals surface area contributed by atoms with Crippen LogP contribution in [0.15, 0.2) is 0 Å². The SMILES string of the molecule is CO[Si](OC)(N1C2CCCCC2C2CCCCC21)N1C2CCCCC2C2CCCCC21. The van der Waals surface area contributed by atoms with Crippen LogP contribution in [-0.4, -0.2) is 56.4 Å². The zero-order valence-corrected chi connectivity index (χ0v) is 21.1. The fraction of sp³-hybridized carbons (Fsp3) is 1.00. The first kappa shape index (κ1) is 21.6. The maximum Gasteiger partial charge on any atom is 0.522 e. The van der Waals surface area contributed by atoms with Crippen LogP contribution in [0.4, 0.5) is 0 Å². The standard InChI is InChI=1S/C26H46N2O2Si/c1-29-31(30-2,27-23-15-7-3-11-19(23)20-12-4-8-16-24(20)27)28-25-17-9-5-13-21(25)22-14-6-10-18-26(22)28/h19-26H,3-18H2,1-2H3. The van der Waals surface area contributed by atoms with E-state index in [2.05, 4.69) is 9.13 Å². The molecule has 2 heterocycles. The van der Waals surface area contributed by atoms with E-state index in [1.807, 2.05) is 14.2 Å². The van der Waals surface area contributed by atoms with Gasteiger partial charge in [-0.05, 0) is 75.0 Å². The third-order valence-corrected chi connectivity index (χ3v) is 14.5. The van der Waals surface area contributed by atoms with Crippen LogP contribution in [0.1, 0.15) is 103 Å². The monoisotopic (exact) mass is 446 g/mol. The van der Waals surface area contributed by atoms with Gasteiger partial charge in [0, 0.05) is 38.4 Å². The van der Waals surface area contributed by atoms with Gasteiger partial charge in [-0.3, -0.25) is 9.13 Å². The molecule has 0 spiro atoms. The smallest absolute Gasteiger partial charge is 0.374 e. The Kier molecular flexibility index (Phi) is 6.05. The van der Waals surface area contributed by atoms with Crippen LogP contribution in [0.3, 0.4) is 0 Å². The predicted molar refractivity (Wildman–Crippen MR) is 126 cm³/mol. The summed E-state index contributed by atoms with van der Waals surface area (Å²) in [5.74, 6) is 3.62. The molecule has 4 aliphatic carbocycles. The molecule has 31 heavy (non-hydrogen) atoms. The summed E-state index contributed by atoms with van der Waals surface area (Å²) in [7, 11) is 1.41. The highest BCUT2D eigenvalue weighted by atomic mass is 28.4. The van der Waals surface area contributed by atoms with Crippen LogP contribution < -0.4 is 0 Å². The molecule has 0 aromatic rings. The minimum Gasteiger partial charge on any atom is -0.374 e. The Balaban J connectivity index is 1.42. The second-order valence-electron chi connectivity index (χ2n) is 11.8. The first-order valence-corrected chi connectivity index (χ1v) is 15.7. The van der Waals surface area contributed by atoms with Crippen molar-refractivity contribution in [1.82, 2.24) is 9.13 Å². The summed E-state index contributed by atoms with van der Waals surface area (Å²) in [4.78, 5) is 0. The van der Waals surface area contributed by atoms with E-state index in [-0.39, 0.29) is 0 Å². The van der Waals surface area contributed by atoms with Crippen molar-refractivity contribution >= 4 is 8.88 Å². The topological polar surface area (TPSA) is 24.9 Å². The molecule has 5 heteroatoms. The van der Waals surface area contributed by atoms with E-state index in [0.29, 0.717) is 0 Å². The summed E-state index contributed by atoms with van der Waals surface area (Å²) in [6.45, 7) is 0. The third-order valence-electron chi connectivity index (χ3n) is 10.8. The average molecular weight is 447 g/mol. The van der Waals surface area contributed by atoms with Crippen LogP contribution in [0, 0.1) is 23.7 Å². The lowest BCUT2D eigenvalue weighted by Crippen LogP contribution is -2.75. The fourth-order valence-electron chi connectivity index (χ4n) is 9.91. The number of hydrogen-bond acceptors (Lipinski definition) is 4. The van der Waals surface area contributed by atoms with E-state index >= 15 is 0 Å². The molecule has 4 nitrogen and oxygen atoms in total. The Hall–Kier alpha value is 0.0569. The van der Waals surface area contributed by atoms with Gasteiger partial charge in [-0.1, -0.05) is 51.4 Å². The first-order chi connectivity index (χ1) is 15.3. The van der Waals surface area contributed by atoms with Crippen molar-refractivity contribution in [2.45, 2.75) is 127 Å². The molecule has 0 aromatic carbocycles. The van der Waals surface area contributed by atoms with Crippen molar-refractivity contribution in [3.05, 3.63) is 0 Å². The van der Waals surface area contributed by atoms with Gasteiger partial charge < -0.3 is 8.85 Å². The Labute approximate surface area is 191 Å². The number of fused-ring (bicyclic) bond motifs is 6. The van der Waals surface area contributed by atoms with Crippen LogP contribution >= 0.6 is 0 Å². The number of rotatable bonds is 4. The minimum atomic E-state index is -2.64. The van der Waals surface area contributed by atoms with Crippen LogP contribution in [0.2, 0.25) is 0 Å². The first-order valence-electron chi connectivity index (χ1n) is 14.0. The second kappa shape index (κ2) is 8.68. The Morgan fingerprint density at radius 2 is 0.710 bits per heavy atom. The fourth-order valence-corrected chi connectivity index (χ4v) is 14.1. The summed E-state index contributed by atoms with van der Waals surface area (Å²) >= 11 is 0. The summed E-state index contributed by atoms with van der Waals surface area (Å²) in [5.41, 5.74) is 0. The van der Waals surface area contributed by atoms with Crippen molar-refractivity contribution in [1.29, 1.82) is 0 Å². The van der Waals surface area contributed by atoms with Gasteiger partial charge in [-0.15, -0.1) is 0 Å². The highest BCUT2D eigenvalue weighted by molar-refractivity contribution is 6.62. The second-order valence-corrected chi connectivity index (χ2v) is 14.8. The van der Waals surface area contributed by atoms with Gasteiger partial charge in [-0.2, -0.15) is 0 Å². The molecule has 0 N–H and O–H groups in total. The molecule has 6 rings (SSSR count). The zero-order chi connectivity index (χ0) is 21.0. The van der Waals surface area contributed by atoms with Gasteiger partial charge in [0.1, 0.15) is 0 Å². The molecular formula is C26H46N2O2Si. The van der Waals surface area contributed by atoms with Crippen molar-refractivity contribution in [2.75, 3.05) is 14.2 Å². The van der Waals surface area contributed by atoms with Crippen molar-refractivity contribution < 1.29 is 8.85 Å². The Morgan fingerprint density at radius 1 is 0.452 bits per heavy atom. The maximum absolute atomic E-state index is 6.82. The van der Waals surface area contributed by atoms with Crippen LogP contribution in [0.25, 0.3) is 0 Å². The molecule has 2 aliphatic heterocycles. The third kappa shape index (κ3) is 3.19. The highest BCUT2D eigenvalue weighted by Gasteiger charge is 2.68. The maximum atomic E-state index is 6.82. The Bertz CT molecular complexity index is 549. The molecule has 0 radical (unpaired) electrons. The van der Waals surface area contributed by atoms with Gasteiger partial charge in [0.25, 0.3) is 0 Å². The van der Waals surface area contributed by atoms with E-state index < -0.39 is 8.88 Å². The summed E-state index contributed by atoms with van der Waals surface area (Å²) in [6.07, 6.45) is 22.8. The molecule has 4 saturated carbocycles. The molecule has 2 saturated heterocycles. The molecule has 8 atom stereocenters. The molecule has 0 bridgehead atoms. The largest absolute Gasteiger partial charge is 0.522 e. The summed E-state index contributed by atoms with van der Waals surface area (Å²) in [5, 5.41) is 0. The van der Waals surface area contributed by atoms with E-state index in [1.165, 1.54) is 103 Å².